The molecule has 0 saturated heterocycles. The maximum atomic E-state index is 9.40. The van der Waals surface area contributed by atoms with Gasteiger partial charge in [0.25, 0.3) is 0 Å². The number of rotatable bonds is 3. The van der Waals surface area contributed by atoms with E-state index in [-0.39, 0.29) is 11.3 Å². The van der Waals surface area contributed by atoms with Crippen molar-refractivity contribution in [1.82, 2.24) is 4.98 Å². The van der Waals surface area contributed by atoms with Crippen LogP contribution >= 0.6 is 22.7 Å². The van der Waals surface area contributed by atoms with Gasteiger partial charge in [0, 0.05) is 22.1 Å². The highest BCUT2D eigenvalue weighted by Crippen LogP contribution is 2.30. The summed E-state index contributed by atoms with van der Waals surface area (Å²) in [4.78, 5) is 5.95. The van der Waals surface area contributed by atoms with Crippen LogP contribution in [0.25, 0.3) is 0 Å². The first-order chi connectivity index (χ1) is 8.91. The molecule has 2 aromatic rings. The van der Waals surface area contributed by atoms with Crippen LogP contribution in [0.15, 0.2) is 16.8 Å². The highest BCUT2D eigenvalue weighted by atomic mass is 32.1. The molecule has 0 amide bonds. The molecular weight excluding hydrogens is 272 g/mol. The van der Waals surface area contributed by atoms with Gasteiger partial charge in [-0.3, -0.25) is 0 Å². The molecule has 1 atom stereocenters. The highest BCUT2D eigenvalue weighted by Gasteiger charge is 2.22. The van der Waals surface area contributed by atoms with Crippen molar-refractivity contribution in [2.45, 2.75) is 45.4 Å². The van der Waals surface area contributed by atoms with E-state index in [1.165, 1.54) is 10.4 Å². The third-order valence-electron chi connectivity index (χ3n) is 3.10. The number of nitrogens with zero attached hydrogens (tertiary/aromatic N) is 2. The Hall–Kier alpha value is -1.18. The molecule has 0 fully saturated rings. The van der Waals surface area contributed by atoms with Crippen LogP contribution in [-0.2, 0) is 11.8 Å². The van der Waals surface area contributed by atoms with Crippen LogP contribution in [0.1, 0.15) is 47.8 Å². The van der Waals surface area contributed by atoms with Crippen molar-refractivity contribution >= 4 is 22.7 Å². The first-order valence-corrected chi connectivity index (χ1v) is 8.06. The van der Waals surface area contributed by atoms with E-state index in [2.05, 4.69) is 55.6 Å². The highest BCUT2D eigenvalue weighted by molar-refractivity contribution is 7.10. The second-order valence-electron chi connectivity index (χ2n) is 5.73. The van der Waals surface area contributed by atoms with Gasteiger partial charge >= 0.3 is 0 Å². The quantitative estimate of drug-likeness (QED) is 0.824. The lowest BCUT2D eigenvalue weighted by Gasteiger charge is -2.14. The Morgan fingerprint density at radius 2 is 2.11 bits per heavy atom. The fraction of sp³-hybridized carbons (Fsp3) is 0.467. The number of aromatic nitrogens is 1. The largest absolute Gasteiger partial charge is 0.244 e. The number of hydrogen-bond donors (Lipinski definition) is 0. The van der Waals surface area contributed by atoms with Crippen LogP contribution in [0.2, 0.25) is 0 Å². The van der Waals surface area contributed by atoms with Gasteiger partial charge in [-0.1, -0.05) is 20.8 Å². The van der Waals surface area contributed by atoms with Crippen LogP contribution in [0.5, 0.6) is 0 Å². The summed E-state index contributed by atoms with van der Waals surface area (Å²) < 4.78 is 0. The molecule has 0 spiro atoms. The van der Waals surface area contributed by atoms with Crippen LogP contribution in [-0.4, -0.2) is 4.98 Å². The van der Waals surface area contributed by atoms with Gasteiger partial charge in [-0.05, 0) is 23.9 Å². The molecule has 1 unspecified atom stereocenters. The number of thiazole rings is 1. The first kappa shape index (κ1) is 14.2. The standard InChI is InChI=1S/C15H18N2S2/c1-10-5-6-18-12(10)7-11(8-16)14-17-13(9-19-14)15(2,3)4/h5-6,9,11H,7H2,1-4H3. The number of hydrogen-bond acceptors (Lipinski definition) is 4. The maximum absolute atomic E-state index is 9.40. The van der Waals surface area contributed by atoms with E-state index in [0.29, 0.717) is 0 Å². The van der Waals surface area contributed by atoms with E-state index >= 15 is 0 Å². The molecule has 0 radical (unpaired) electrons. The average molecular weight is 290 g/mol. The molecule has 2 nitrogen and oxygen atoms in total. The van der Waals surface area contributed by atoms with Crippen LogP contribution in [0.3, 0.4) is 0 Å². The number of aryl methyl sites for hydroxylation is 1. The topological polar surface area (TPSA) is 36.7 Å². The van der Waals surface area contributed by atoms with E-state index in [1.807, 2.05) is 0 Å². The first-order valence-electron chi connectivity index (χ1n) is 6.30. The zero-order valence-electron chi connectivity index (χ0n) is 11.7. The number of thiophene rings is 1. The molecule has 0 bridgehead atoms. The van der Waals surface area contributed by atoms with Gasteiger partial charge in [-0.15, -0.1) is 22.7 Å². The summed E-state index contributed by atoms with van der Waals surface area (Å²) in [7, 11) is 0. The summed E-state index contributed by atoms with van der Waals surface area (Å²) in [5.41, 5.74) is 2.40. The van der Waals surface area contributed by atoms with Crippen LogP contribution < -0.4 is 0 Å². The minimum absolute atomic E-state index is 0.0492. The van der Waals surface area contributed by atoms with Gasteiger partial charge in [-0.25, -0.2) is 4.98 Å². The Labute approximate surface area is 122 Å². The van der Waals surface area contributed by atoms with Crippen molar-refractivity contribution in [3.8, 4) is 6.07 Å². The van der Waals surface area contributed by atoms with Gasteiger partial charge in [0.1, 0.15) is 10.9 Å². The Morgan fingerprint density at radius 1 is 1.37 bits per heavy atom. The molecule has 100 valence electrons. The summed E-state index contributed by atoms with van der Waals surface area (Å²) in [6.07, 6.45) is 0.775. The maximum Gasteiger partial charge on any atom is 0.110 e. The van der Waals surface area contributed by atoms with Crippen LogP contribution in [0, 0.1) is 18.3 Å². The second kappa shape index (κ2) is 5.44. The van der Waals surface area contributed by atoms with Crippen LogP contribution in [0.4, 0.5) is 0 Å². The molecule has 0 aliphatic heterocycles. The van der Waals surface area contributed by atoms with Crippen molar-refractivity contribution in [1.29, 1.82) is 5.26 Å². The molecule has 2 heterocycles. The molecule has 0 aromatic carbocycles. The molecule has 4 heteroatoms. The molecule has 19 heavy (non-hydrogen) atoms. The Morgan fingerprint density at radius 3 is 2.58 bits per heavy atom. The lowest BCUT2D eigenvalue weighted by molar-refractivity contribution is 0.569. The molecule has 0 N–H and O–H groups in total. The predicted octanol–water partition coefficient (Wildman–Crippen LogP) is 4.66. The fourth-order valence-corrected chi connectivity index (χ4v) is 3.82. The van der Waals surface area contributed by atoms with Gasteiger partial charge in [-0.2, -0.15) is 5.26 Å². The smallest absolute Gasteiger partial charge is 0.110 e. The average Bonchev–Trinajstić information content (AvgIpc) is 2.94. The fourth-order valence-electron chi connectivity index (χ4n) is 1.78. The summed E-state index contributed by atoms with van der Waals surface area (Å²) in [6, 6.07) is 4.51. The summed E-state index contributed by atoms with van der Waals surface area (Å²) in [5.74, 6) is -0.126. The van der Waals surface area contributed by atoms with E-state index < -0.39 is 0 Å². The molecule has 0 aliphatic carbocycles. The minimum atomic E-state index is -0.126. The lowest BCUT2D eigenvalue weighted by atomic mass is 9.93. The van der Waals surface area contributed by atoms with E-state index in [0.717, 1.165) is 17.1 Å². The second-order valence-corrected chi connectivity index (χ2v) is 7.62. The molecule has 2 aromatic heterocycles. The Balaban J connectivity index is 2.22. The van der Waals surface area contributed by atoms with E-state index in [4.69, 9.17) is 0 Å². The molecule has 0 saturated carbocycles. The van der Waals surface area contributed by atoms with Crippen molar-refractivity contribution < 1.29 is 0 Å². The summed E-state index contributed by atoms with van der Waals surface area (Å²) in [5, 5.41) is 14.5. The normalized spacial score (nSPS) is 13.2. The van der Waals surface area contributed by atoms with Crippen molar-refractivity contribution in [2.24, 2.45) is 0 Å². The third kappa shape index (κ3) is 3.23. The van der Waals surface area contributed by atoms with Gasteiger partial charge in [0.2, 0.25) is 0 Å². The van der Waals surface area contributed by atoms with Gasteiger partial charge < -0.3 is 0 Å². The molecule has 0 aliphatic rings. The van der Waals surface area contributed by atoms with Gasteiger partial charge in [0.05, 0.1) is 11.8 Å². The lowest BCUT2D eigenvalue weighted by Crippen LogP contribution is -2.12. The molecular formula is C15H18N2S2. The monoisotopic (exact) mass is 290 g/mol. The van der Waals surface area contributed by atoms with Crippen molar-refractivity contribution in [3.63, 3.8) is 0 Å². The van der Waals surface area contributed by atoms with E-state index in [9.17, 15) is 5.26 Å². The third-order valence-corrected chi connectivity index (χ3v) is 5.11. The zero-order chi connectivity index (χ0) is 14.0. The molecule has 2 rings (SSSR count). The SMILES string of the molecule is Cc1ccsc1CC(C#N)c1nc(C(C)(C)C)cs1. The van der Waals surface area contributed by atoms with Crippen molar-refractivity contribution in [2.75, 3.05) is 0 Å². The Bertz CT molecular complexity index is 596. The van der Waals surface area contributed by atoms with E-state index in [1.54, 1.807) is 22.7 Å². The van der Waals surface area contributed by atoms with Gasteiger partial charge in [0.15, 0.2) is 0 Å². The van der Waals surface area contributed by atoms with Crippen molar-refractivity contribution in [3.05, 3.63) is 38.0 Å². The Kier molecular flexibility index (Phi) is 4.07. The predicted molar refractivity (Wildman–Crippen MR) is 81.9 cm³/mol. The minimum Gasteiger partial charge on any atom is -0.244 e. The summed E-state index contributed by atoms with van der Waals surface area (Å²) >= 11 is 3.33. The zero-order valence-corrected chi connectivity index (χ0v) is 13.4. The summed E-state index contributed by atoms with van der Waals surface area (Å²) in [6.45, 7) is 8.55. The number of nitriles is 1.